The summed E-state index contributed by atoms with van der Waals surface area (Å²) in [5, 5.41) is 11.9. The molecule has 7 heteroatoms. The lowest BCUT2D eigenvalue weighted by Gasteiger charge is -2.24. The van der Waals surface area contributed by atoms with Crippen LogP contribution in [0.3, 0.4) is 0 Å². The Labute approximate surface area is 107 Å². The summed E-state index contributed by atoms with van der Waals surface area (Å²) >= 11 is 0. The van der Waals surface area contributed by atoms with Crippen molar-refractivity contribution in [2.75, 3.05) is 11.9 Å². The average molecular weight is 283 g/mol. The highest BCUT2D eigenvalue weighted by Crippen LogP contribution is 2.27. The van der Waals surface area contributed by atoms with E-state index >= 15 is 0 Å². The summed E-state index contributed by atoms with van der Waals surface area (Å²) in [7, 11) is 0. The first-order valence-corrected chi connectivity index (χ1v) is 5.69. The third kappa shape index (κ3) is 3.34. The highest BCUT2D eigenvalue weighted by Gasteiger charge is 2.27. The van der Waals surface area contributed by atoms with Crippen LogP contribution < -0.4 is 5.32 Å². The first kappa shape index (κ1) is 15.7. The summed E-state index contributed by atoms with van der Waals surface area (Å²) in [6.45, 7) is 2.85. The molecular formula is C12H14F5NO. The van der Waals surface area contributed by atoms with Gasteiger partial charge in [0.2, 0.25) is 5.82 Å². The van der Waals surface area contributed by atoms with E-state index in [1.165, 1.54) is 6.92 Å². The number of nitrogens with one attached hydrogen (secondary N) is 1. The molecule has 0 fully saturated rings. The molecule has 0 aromatic heterocycles. The molecule has 0 heterocycles. The van der Waals surface area contributed by atoms with Crippen LogP contribution in [0.15, 0.2) is 0 Å². The third-order valence-electron chi connectivity index (χ3n) is 2.64. The normalized spacial score (nSPS) is 14.3. The second-order valence-electron chi connectivity index (χ2n) is 4.55. The van der Waals surface area contributed by atoms with Gasteiger partial charge in [-0.05, 0) is 13.3 Å². The maximum atomic E-state index is 13.3. The van der Waals surface area contributed by atoms with Crippen LogP contribution >= 0.6 is 0 Å². The number of aliphatic hydroxyl groups is 1. The van der Waals surface area contributed by atoms with E-state index in [0.29, 0.717) is 12.8 Å². The van der Waals surface area contributed by atoms with Crippen LogP contribution in [-0.4, -0.2) is 17.3 Å². The second kappa shape index (κ2) is 5.73. The van der Waals surface area contributed by atoms with Crippen molar-refractivity contribution in [3.63, 3.8) is 0 Å². The Balaban J connectivity index is 3.03. The summed E-state index contributed by atoms with van der Waals surface area (Å²) in [6, 6.07) is 0. The van der Waals surface area contributed by atoms with Gasteiger partial charge in [-0.1, -0.05) is 13.3 Å². The average Bonchev–Trinajstić information content (AvgIpc) is 2.34. The number of hydrogen-bond donors (Lipinski definition) is 2. The topological polar surface area (TPSA) is 32.3 Å². The molecule has 2 N–H and O–H groups in total. The number of benzene rings is 1. The minimum Gasteiger partial charge on any atom is -0.388 e. The van der Waals surface area contributed by atoms with Gasteiger partial charge in [-0.25, -0.2) is 22.0 Å². The van der Waals surface area contributed by atoms with Crippen LogP contribution in [0.2, 0.25) is 0 Å². The first-order valence-electron chi connectivity index (χ1n) is 5.69. The third-order valence-corrected chi connectivity index (χ3v) is 2.64. The first-order chi connectivity index (χ1) is 8.71. The molecule has 0 aliphatic rings. The van der Waals surface area contributed by atoms with Gasteiger partial charge in [0.1, 0.15) is 5.69 Å². The van der Waals surface area contributed by atoms with Gasteiger partial charge in [0, 0.05) is 6.54 Å². The molecule has 1 rings (SSSR count). The van der Waals surface area contributed by atoms with Crippen molar-refractivity contribution in [2.24, 2.45) is 0 Å². The van der Waals surface area contributed by atoms with Crippen LogP contribution in [0.1, 0.15) is 26.7 Å². The molecule has 0 aliphatic heterocycles. The van der Waals surface area contributed by atoms with Gasteiger partial charge in [0.05, 0.1) is 5.60 Å². The molecule has 0 radical (unpaired) electrons. The molecule has 0 spiro atoms. The molecule has 108 valence electrons. The van der Waals surface area contributed by atoms with Crippen LogP contribution in [0.4, 0.5) is 27.6 Å². The summed E-state index contributed by atoms with van der Waals surface area (Å²) in [6.07, 6.45) is 0.918. The minimum atomic E-state index is -2.21. The van der Waals surface area contributed by atoms with Gasteiger partial charge < -0.3 is 10.4 Å². The van der Waals surface area contributed by atoms with Crippen molar-refractivity contribution in [1.29, 1.82) is 0 Å². The van der Waals surface area contributed by atoms with Gasteiger partial charge in [0.25, 0.3) is 0 Å². The lowest BCUT2D eigenvalue weighted by atomic mass is 10.0. The van der Waals surface area contributed by atoms with Gasteiger partial charge in [-0.2, -0.15) is 0 Å². The van der Waals surface area contributed by atoms with E-state index in [1.54, 1.807) is 6.92 Å². The summed E-state index contributed by atoms with van der Waals surface area (Å²) in [5.41, 5.74) is -2.44. The molecule has 2 nitrogen and oxygen atoms in total. The van der Waals surface area contributed by atoms with E-state index in [4.69, 9.17) is 0 Å². The van der Waals surface area contributed by atoms with E-state index in [0.717, 1.165) is 0 Å². The standard InChI is InChI=1S/C12H14F5NO/c1-3-4-12(2,19)5-18-11-9(16)7(14)6(13)8(15)10(11)17/h18-19H,3-5H2,1-2H3. The van der Waals surface area contributed by atoms with E-state index in [2.05, 4.69) is 5.32 Å². The smallest absolute Gasteiger partial charge is 0.200 e. The summed E-state index contributed by atoms with van der Waals surface area (Å²) in [4.78, 5) is 0. The SMILES string of the molecule is CCCC(C)(O)CNc1c(F)c(F)c(F)c(F)c1F. The van der Waals surface area contributed by atoms with E-state index in [-0.39, 0.29) is 6.54 Å². The van der Waals surface area contributed by atoms with Crippen molar-refractivity contribution < 1.29 is 27.1 Å². The fourth-order valence-electron chi connectivity index (χ4n) is 1.67. The van der Waals surface area contributed by atoms with Gasteiger partial charge in [-0.3, -0.25) is 0 Å². The Morgan fingerprint density at radius 2 is 1.37 bits per heavy atom. The zero-order valence-electron chi connectivity index (χ0n) is 10.5. The van der Waals surface area contributed by atoms with Crippen molar-refractivity contribution in [3.8, 4) is 0 Å². The minimum absolute atomic E-state index is 0.315. The van der Waals surface area contributed by atoms with Gasteiger partial charge >= 0.3 is 0 Å². The van der Waals surface area contributed by atoms with Gasteiger partial charge in [0.15, 0.2) is 23.3 Å². The molecule has 1 aromatic rings. The largest absolute Gasteiger partial charge is 0.388 e. The van der Waals surface area contributed by atoms with Crippen LogP contribution in [0.5, 0.6) is 0 Å². The molecule has 0 amide bonds. The predicted molar refractivity (Wildman–Crippen MR) is 60.3 cm³/mol. The second-order valence-corrected chi connectivity index (χ2v) is 4.55. The van der Waals surface area contributed by atoms with Crippen molar-refractivity contribution in [1.82, 2.24) is 0 Å². The van der Waals surface area contributed by atoms with Crippen LogP contribution in [-0.2, 0) is 0 Å². The molecule has 0 saturated heterocycles. The Kier molecular flexibility index (Phi) is 4.73. The molecule has 19 heavy (non-hydrogen) atoms. The zero-order valence-corrected chi connectivity index (χ0v) is 10.5. The molecule has 0 saturated carbocycles. The summed E-state index contributed by atoms with van der Waals surface area (Å²) in [5.74, 6) is -10.1. The van der Waals surface area contributed by atoms with E-state index in [9.17, 15) is 27.1 Å². The monoisotopic (exact) mass is 283 g/mol. The number of anilines is 1. The zero-order chi connectivity index (χ0) is 14.8. The molecule has 1 atom stereocenters. The maximum absolute atomic E-state index is 13.3. The van der Waals surface area contributed by atoms with E-state index < -0.39 is 40.4 Å². The van der Waals surface area contributed by atoms with Crippen molar-refractivity contribution in [2.45, 2.75) is 32.3 Å². The Hall–Kier alpha value is -1.37. The van der Waals surface area contributed by atoms with Crippen LogP contribution in [0.25, 0.3) is 0 Å². The predicted octanol–water partition coefficient (Wildman–Crippen LogP) is 3.35. The fraction of sp³-hybridized carbons (Fsp3) is 0.500. The lowest BCUT2D eigenvalue weighted by molar-refractivity contribution is 0.0635. The number of halogens is 5. The van der Waals surface area contributed by atoms with Crippen molar-refractivity contribution in [3.05, 3.63) is 29.1 Å². The quantitative estimate of drug-likeness (QED) is 0.493. The summed E-state index contributed by atoms with van der Waals surface area (Å²) < 4.78 is 65.2. The Morgan fingerprint density at radius 1 is 0.947 bits per heavy atom. The Bertz CT molecular complexity index is 447. The van der Waals surface area contributed by atoms with Crippen molar-refractivity contribution >= 4 is 5.69 Å². The van der Waals surface area contributed by atoms with Crippen LogP contribution in [0, 0.1) is 29.1 Å². The number of rotatable bonds is 5. The lowest BCUT2D eigenvalue weighted by Crippen LogP contribution is -2.33. The Morgan fingerprint density at radius 3 is 1.79 bits per heavy atom. The molecule has 0 aliphatic carbocycles. The molecule has 1 aromatic carbocycles. The maximum Gasteiger partial charge on any atom is 0.200 e. The van der Waals surface area contributed by atoms with E-state index in [1.807, 2.05) is 0 Å². The number of hydrogen-bond acceptors (Lipinski definition) is 2. The highest BCUT2D eigenvalue weighted by molar-refractivity contribution is 5.48. The molecule has 0 bridgehead atoms. The molecular weight excluding hydrogens is 269 g/mol. The highest BCUT2D eigenvalue weighted by atomic mass is 19.2. The van der Waals surface area contributed by atoms with Gasteiger partial charge in [-0.15, -0.1) is 0 Å². The fourth-order valence-corrected chi connectivity index (χ4v) is 1.67. The molecule has 1 unspecified atom stereocenters.